The van der Waals surface area contributed by atoms with Gasteiger partial charge in [-0.15, -0.1) is 11.3 Å². The quantitative estimate of drug-likeness (QED) is 0.505. The van der Waals surface area contributed by atoms with Gasteiger partial charge in [0.1, 0.15) is 0 Å². The van der Waals surface area contributed by atoms with E-state index in [0.717, 1.165) is 11.0 Å². The van der Waals surface area contributed by atoms with E-state index in [1.165, 1.54) is 23.5 Å². The molecular formula is C17H14ClN5O2S2. The maximum atomic E-state index is 12.4. The minimum Gasteiger partial charge on any atom is -0.326 e. The average molecular weight is 420 g/mol. The molecule has 4 aromatic rings. The summed E-state index contributed by atoms with van der Waals surface area (Å²) in [5, 5.41) is 5.86. The molecule has 2 N–H and O–H groups in total. The normalized spacial score (nSPS) is 11.6. The molecule has 0 bridgehead atoms. The molecular weight excluding hydrogens is 406 g/mol. The third kappa shape index (κ3) is 3.61. The molecule has 0 amide bonds. The number of thiazole rings is 1. The Labute approximate surface area is 164 Å². The van der Waals surface area contributed by atoms with E-state index in [0.29, 0.717) is 21.8 Å². The van der Waals surface area contributed by atoms with Gasteiger partial charge in [0.25, 0.3) is 10.0 Å². The minimum absolute atomic E-state index is 0.153. The average Bonchev–Trinajstić information content (AvgIpc) is 3.24. The summed E-state index contributed by atoms with van der Waals surface area (Å²) in [6.45, 7) is 0. The number of fused-ring (bicyclic) bond motifs is 1. The fraction of sp³-hybridized carbons (Fsp3) is 0.0588. The fourth-order valence-corrected chi connectivity index (χ4v) is 4.52. The van der Waals surface area contributed by atoms with E-state index in [4.69, 9.17) is 11.6 Å². The van der Waals surface area contributed by atoms with Crippen molar-refractivity contribution in [2.75, 3.05) is 10.0 Å². The molecule has 0 aliphatic carbocycles. The van der Waals surface area contributed by atoms with E-state index in [1.54, 1.807) is 29.8 Å². The lowest BCUT2D eigenvalue weighted by molar-refractivity contribution is 0.601. The van der Waals surface area contributed by atoms with Gasteiger partial charge in [-0.2, -0.15) is 0 Å². The maximum absolute atomic E-state index is 12.4. The second-order valence-electron chi connectivity index (χ2n) is 5.72. The van der Waals surface area contributed by atoms with Crippen LogP contribution in [0.15, 0.2) is 58.9 Å². The number of imidazole rings is 1. The number of rotatable bonds is 5. The number of nitrogens with one attached hydrogen (secondary N) is 2. The first-order chi connectivity index (χ1) is 12.9. The molecule has 0 aliphatic heterocycles. The first kappa shape index (κ1) is 17.8. The van der Waals surface area contributed by atoms with E-state index in [-0.39, 0.29) is 4.90 Å². The molecule has 0 saturated heterocycles. The summed E-state index contributed by atoms with van der Waals surface area (Å²) in [7, 11) is -1.79. The Morgan fingerprint density at radius 3 is 2.63 bits per heavy atom. The first-order valence-corrected chi connectivity index (χ1v) is 10.6. The second kappa shape index (κ2) is 6.84. The molecule has 2 aromatic carbocycles. The summed E-state index contributed by atoms with van der Waals surface area (Å²) in [5.41, 5.74) is 2.43. The summed E-state index contributed by atoms with van der Waals surface area (Å²) in [5.74, 6) is 0.629. The van der Waals surface area contributed by atoms with Gasteiger partial charge in [-0.3, -0.25) is 4.72 Å². The molecule has 0 atom stereocenters. The Hall–Kier alpha value is -2.62. The van der Waals surface area contributed by atoms with Gasteiger partial charge in [0, 0.05) is 29.3 Å². The zero-order valence-electron chi connectivity index (χ0n) is 14.0. The Morgan fingerprint density at radius 2 is 1.93 bits per heavy atom. The fourth-order valence-electron chi connectivity index (χ4n) is 2.57. The number of anilines is 3. The van der Waals surface area contributed by atoms with Crippen molar-refractivity contribution in [1.82, 2.24) is 14.5 Å². The van der Waals surface area contributed by atoms with Crippen LogP contribution in [0.4, 0.5) is 16.8 Å². The van der Waals surface area contributed by atoms with Crippen LogP contribution in [0, 0.1) is 0 Å². The third-order valence-corrected chi connectivity index (χ3v) is 6.33. The van der Waals surface area contributed by atoms with Gasteiger partial charge < -0.3 is 9.88 Å². The highest BCUT2D eigenvalue weighted by Gasteiger charge is 2.15. The van der Waals surface area contributed by atoms with Gasteiger partial charge in [0.05, 0.1) is 15.9 Å². The summed E-state index contributed by atoms with van der Waals surface area (Å²) >= 11 is 7.26. The van der Waals surface area contributed by atoms with Crippen molar-refractivity contribution >= 4 is 60.8 Å². The summed E-state index contributed by atoms with van der Waals surface area (Å²) in [4.78, 5) is 8.61. The topological polar surface area (TPSA) is 88.9 Å². The van der Waals surface area contributed by atoms with Crippen molar-refractivity contribution in [2.24, 2.45) is 7.05 Å². The molecule has 7 nitrogen and oxygen atoms in total. The predicted molar refractivity (Wildman–Crippen MR) is 108 cm³/mol. The van der Waals surface area contributed by atoms with Crippen molar-refractivity contribution in [3.8, 4) is 0 Å². The maximum Gasteiger partial charge on any atom is 0.263 e. The number of hydrogen-bond donors (Lipinski definition) is 2. The Balaban J connectivity index is 1.57. The molecule has 2 aromatic heterocycles. The predicted octanol–water partition coefficient (Wildman–Crippen LogP) is 4.23. The Morgan fingerprint density at radius 1 is 1.15 bits per heavy atom. The van der Waals surface area contributed by atoms with Crippen LogP contribution in [0.3, 0.4) is 0 Å². The van der Waals surface area contributed by atoms with Crippen LogP contribution < -0.4 is 10.0 Å². The van der Waals surface area contributed by atoms with Crippen molar-refractivity contribution in [3.05, 3.63) is 59.1 Å². The molecule has 0 spiro atoms. The van der Waals surface area contributed by atoms with E-state index in [1.807, 2.05) is 23.7 Å². The number of aromatic nitrogens is 3. The number of aryl methyl sites for hydroxylation is 1. The number of benzene rings is 2. The largest absolute Gasteiger partial charge is 0.326 e. The SMILES string of the molecule is Cn1c(Nc2ccc(S(=O)(=O)Nc3nccs3)cc2)nc2ccc(Cl)cc21. The van der Waals surface area contributed by atoms with E-state index < -0.39 is 10.0 Å². The van der Waals surface area contributed by atoms with Crippen LogP contribution in [-0.4, -0.2) is 23.0 Å². The van der Waals surface area contributed by atoms with Crippen LogP contribution in [0.25, 0.3) is 11.0 Å². The summed E-state index contributed by atoms with van der Waals surface area (Å²) in [6.07, 6.45) is 1.54. The highest BCUT2D eigenvalue weighted by molar-refractivity contribution is 7.93. The molecule has 0 fully saturated rings. The van der Waals surface area contributed by atoms with Crippen LogP contribution in [0.1, 0.15) is 0 Å². The number of sulfonamides is 1. The third-order valence-electron chi connectivity index (χ3n) is 3.92. The highest BCUT2D eigenvalue weighted by Crippen LogP contribution is 2.25. The van der Waals surface area contributed by atoms with Gasteiger partial charge in [-0.1, -0.05) is 11.6 Å². The van der Waals surface area contributed by atoms with Crippen molar-refractivity contribution in [3.63, 3.8) is 0 Å². The molecule has 2 heterocycles. The van der Waals surface area contributed by atoms with Gasteiger partial charge in [0.15, 0.2) is 5.13 Å². The molecule has 0 aliphatic rings. The number of halogens is 1. The molecule has 10 heteroatoms. The molecule has 0 radical (unpaired) electrons. The Bertz CT molecular complexity index is 1200. The lowest BCUT2D eigenvalue weighted by Gasteiger charge is -2.08. The van der Waals surface area contributed by atoms with E-state index >= 15 is 0 Å². The van der Waals surface area contributed by atoms with Crippen molar-refractivity contribution in [2.45, 2.75) is 4.90 Å². The highest BCUT2D eigenvalue weighted by atomic mass is 35.5. The summed E-state index contributed by atoms with van der Waals surface area (Å²) in [6, 6.07) is 11.9. The lowest BCUT2D eigenvalue weighted by Crippen LogP contribution is -2.12. The zero-order chi connectivity index (χ0) is 19.0. The smallest absolute Gasteiger partial charge is 0.263 e. The first-order valence-electron chi connectivity index (χ1n) is 7.84. The molecule has 0 saturated carbocycles. The molecule has 27 heavy (non-hydrogen) atoms. The molecule has 138 valence electrons. The number of hydrogen-bond acceptors (Lipinski definition) is 6. The van der Waals surface area contributed by atoms with Crippen molar-refractivity contribution < 1.29 is 8.42 Å². The standard InChI is InChI=1S/C17H14ClN5O2S2/c1-23-15-10-11(18)2-7-14(15)21-16(23)20-12-3-5-13(6-4-12)27(24,25)22-17-19-8-9-26-17/h2-10H,1H3,(H,19,22)(H,20,21). The summed E-state index contributed by atoms with van der Waals surface area (Å²) < 4.78 is 29.1. The van der Waals surface area contributed by atoms with E-state index in [2.05, 4.69) is 20.0 Å². The van der Waals surface area contributed by atoms with Crippen molar-refractivity contribution in [1.29, 1.82) is 0 Å². The lowest BCUT2D eigenvalue weighted by atomic mass is 10.3. The van der Waals surface area contributed by atoms with Crippen LogP contribution in [-0.2, 0) is 17.1 Å². The Kier molecular flexibility index (Phi) is 4.50. The van der Waals surface area contributed by atoms with Crippen LogP contribution >= 0.6 is 22.9 Å². The molecule has 0 unspecified atom stereocenters. The van der Waals surface area contributed by atoms with Gasteiger partial charge in [-0.05, 0) is 42.5 Å². The van der Waals surface area contributed by atoms with Gasteiger partial charge >= 0.3 is 0 Å². The second-order valence-corrected chi connectivity index (χ2v) is 8.73. The van der Waals surface area contributed by atoms with Crippen LogP contribution in [0.5, 0.6) is 0 Å². The van der Waals surface area contributed by atoms with Gasteiger partial charge in [0.2, 0.25) is 5.95 Å². The minimum atomic E-state index is -3.67. The zero-order valence-corrected chi connectivity index (χ0v) is 16.4. The number of nitrogens with zero attached hydrogens (tertiary/aromatic N) is 3. The van der Waals surface area contributed by atoms with Gasteiger partial charge in [-0.25, -0.2) is 18.4 Å². The van der Waals surface area contributed by atoms with E-state index in [9.17, 15) is 8.42 Å². The van der Waals surface area contributed by atoms with Crippen LogP contribution in [0.2, 0.25) is 5.02 Å². The molecule has 4 rings (SSSR count). The monoisotopic (exact) mass is 419 g/mol.